The van der Waals surface area contributed by atoms with E-state index < -0.39 is 0 Å². The maximum Gasteiger partial charge on any atom is 0.226 e. The Balaban J connectivity index is 2.05. The number of anilines is 1. The van der Waals surface area contributed by atoms with E-state index in [1.807, 2.05) is 29.6 Å². The van der Waals surface area contributed by atoms with Crippen molar-refractivity contribution in [3.63, 3.8) is 0 Å². The van der Waals surface area contributed by atoms with Crippen LogP contribution in [0.2, 0.25) is 0 Å². The van der Waals surface area contributed by atoms with Crippen molar-refractivity contribution < 1.29 is 9.53 Å². The maximum atomic E-state index is 12.2. The molecule has 0 saturated heterocycles. The van der Waals surface area contributed by atoms with Gasteiger partial charge in [0.05, 0.1) is 7.11 Å². The third-order valence-electron chi connectivity index (χ3n) is 3.43. The number of nitrogens with zero attached hydrogens (tertiary/aromatic N) is 1. The van der Waals surface area contributed by atoms with Crippen molar-refractivity contribution >= 4 is 22.4 Å². The summed E-state index contributed by atoms with van der Waals surface area (Å²) >= 11 is 1.43. The van der Waals surface area contributed by atoms with Gasteiger partial charge in [0.25, 0.3) is 0 Å². The van der Waals surface area contributed by atoms with Gasteiger partial charge in [0.2, 0.25) is 5.91 Å². The van der Waals surface area contributed by atoms with Crippen LogP contribution in [-0.4, -0.2) is 18.0 Å². The lowest BCUT2D eigenvalue weighted by Gasteiger charge is -2.21. The number of amides is 1. The van der Waals surface area contributed by atoms with Crippen molar-refractivity contribution in [1.29, 1.82) is 0 Å². The van der Waals surface area contributed by atoms with Crippen LogP contribution in [0.4, 0.5) is 5.13 Å². The first kappa shape index (κ1) is 15.5. The fourth-order valence-electron chi connectivity index (χ4n) is 2.24. The largest absolute Gasteiger partial charge is 0.497 e. The van der Waals surface area contributed by atoms with E-state index in [4.69, 9.17) is 4.74 Å². The van der Waals surface area contributed by atoms with Gasteiger partial charge in [0.15, 0.2) is 5.13 Å². The van der Waals surface area contributed by atoms with Crippen molar-refractivity contribution in [2.45, 2.75) is 26.2 Å². The van der Waals surface area contributed by atoms with Gasteiger partial charge in [0.1, 0.15) is 5.75 Å². The van der Waals surface area contributed by atoms with E-state index in [1.54, 1.807) is 13.3 Å². The maximum absolute atomic E-state index is 12.2. The van der Waals surface area contributed by atoms with E-state index in [0.29, 0.717) is 17.5 Å². The lowest BCUT2D eigenvalue weighted by Crippen LogP contribution is -2.18. The van der Waals surface area contributed by atoms with Gasteiger partial charge in [-0.05, 0) is 29.5 Å². The number of thiazole rings is 1. The van der Waals surface area contributed by atoms with Crippen molar-refractivity contribution in [2.75, 3.05) is 12.4 Å². The normalized spacial score (nSPS) is 12.2. The Kier molecular flexibility index (Phi) is 5.33. The molecule has 0 saturated carbocycles. The summed E-state index contributed by atoms with van der Waals surface area (Å²) in [5.41, 5.74) is 1.15. The van der Waals surface area contributed by atoms with E-state index in [9.17, 15) is 4.79 Å². The van der Waals surface area contributed by atoms with Crippen LogP contribution >= 0.6 is 11.3 Å². The zero-order valence-corrected chi connectivity index (χ0v) is 13.3. The monoisotopic (exact) mass is 304 g/mol. The number of methoxy groups -OCH3 is 1. The smallest absolute Gasteiger partial charge is 0.226 e. The number of nitrogens with one attached hydrogen (secondary N) is 1. The second-order valence-electron chi connectivity index (χ2n) is 5.21. The summed E-state index contributed by atoms with van der Waals surface area (Å²) in [5, 5.41) is 5.34. The summed E-state index contributed by atoms with van der Waals surface area (Å²) in [5.74, 6) is 1.38. The van der Waals surface area contributed by atoms with Gasteiger partial charge in [-0.3, -0.25) is 4.79 Å². The number of aromatic nitrogens is 1. The first-order valence-corrected chi connectivity index (χ1v) is 7.81. The fraction of sp³-hybridized carbons (Fsp3) is 0.375. The molecule has 2 rings (SSSR count). The SMILES string of the molecule is COc1ccc([C@H](CC(=O)Nc2nccs2)C(C)C)cc1. The molecule has 21 heavy (non-hydrogen) atoms. The Labute approximate surface area is 129 Å². The number of rotatable bonds is 6. The number of carbonyl (C=O) groups excluding carboxylic acids is 1. The van der Waals surface area contributed by atoms with Crippen LogP contribution in [-0.2, 0) is 4.79 Å². The van der Waals surface area contributed by atoms with Gasteiger partial charge >= 0.3 is 0 Å². The second-order valence-corrected chi connectivity index (χ2v) is 6.11. The molecule has 1 amide bonds. The molecular weight excluding hydrogens is 284 g/mol. The van der Waals surface area contributed by atoms with Gasteiger partial charge < -0.3 is 10.1 Å². The van der Waals surface area contributed by atoms with Crippen LogP contribution in [0.1, 0.15) is 31.7 Å². The lowest BCUT2D eigenvalue weighted by atomic mass is 9.85. The summed E-state index contributed by atoms with van der Waals surface area (Å²) in [6, 6.07) is 7.92. The molecule has 0 aliphatic rings. The second kappa shape index (κ2) is 7.22. The molecule has 5 heteroatoms. The van der Waals surface area contributed by atoms with Crippen molar-refractivity contribution in [1.82, 2.24) is 4.98 Å². The third-order valence-corrected chi connectivity index (χ3v) is 4.12. The molecule has 1 atom stereocenters. The van der Waals surface area contributed by atoms with Crippen molar-refractivity contribution in [2.24, 2.45) is 5.92 Å². The number of benzene rings is 1. The summed E-state index contributed by atoms with van der Waals surface area (Å²) in [6.45, 7) is 4.26. The number of ether oxygens (including phenoxy) is 1. The first-order chi connectivity index (χ1) is 10.1. The molecular formula is C16H20N2O2S. The molecule has 4 nitrogen and oxygen atoms in total. The zero-order chi connectivity index (χ0) is 15.2. The number of hydrogen-bond donors (Lipinski definition) is 1. The lowest BCUT2D eigenvalue weighted by molar-refractivity contribution is -0.116. The molecule has 1 aromatic heterocycles. The highest BCUT2D eigenvalue weighted by Gasteiger charge is 2.20. The zero-order valence-electron chi connectivity index (χ0n) is 12.5. The summed E-state index contributed by atoms with van der Waals surface area (Å²) < 4.78 is 5.17. The van der Waals surface area contributed by atoms with Crippen molar-refractivity contribution in [3.8, 4) is 5.75 Å². The topological polar surface area (TPSA) is 51.2 Å². The van der Waals surface area contributed by atoms with Crippen LogP contribution in [0.15, 0.2) is 35.8 Å². The van der Waals surface area contributed by atoms with Crippen LogP contribution in [0.25, 0.3) is 0 Å². The minimum absolute atomic E-state index is 0.000493. The van der Waals surface area contributed by atoms with Gasteiger partial charge in [0, 0.05) is 18.0 Å². The van der Waals surface area contributed by atoms with Gasteiger partial charge in [-0.1, -0.05) is 26.0 Å². The molecule has 1 aromatic carbocycles. The molecule has 0 aliphatic carbocycles. The molecule has 0 radical (unpaired) electrons. The molecule has 1 heterocycles. The van der Waals surface area contributed by atoms with E-state index >= 15 is 0 Å². The quantitative estimate of drug-likeness (QED) is 0.880. The highest BCUT2D eigenvalue weighted by molar-refractivity contribution is 7.13. The minimum Gasteiger partial charge on any atom is -0.497 e. The molecule has 0 spiro atoms. The van der Waals surface area contributed by atoms with Crippen LogP contribution < -0.4 is 10.1 Å². The first-order valence-electron chi connectivity index (χ1n) is 6.93. The van der Waals surface area contributed by atoms with E-state index in [0.717, 1.165) is 11.3 Å². The Bertz CT molecular complexity index is 564. The van der Waals surface area contributed by atoms with E-state index in [1.165, 1.54) is 11.3 Å². The van der Waals surface area contributed by atoms with Gasteiger partial charge in [-0.15, -0.1) is 11.3 Å². The highest BCUT2D eigenvalue weighted by atomic mass is 32.1. The average molecular weight is 304 g/mol. The van der Waals surface area contributed by atoms with Crippen LogP contribution in [0.5, 0.6) is 5.75 Å². The van der Waals surface area contributed by atoms with E-state index in [2.05, 4.69) is 24.1 Å². The Morgan fingerprint density at radius 3 is 2.57 bits per heavy atom. The number of carbonyl (C=O) groups is 1. The predicted molar refractivity (Wildman–Crippen MR) is 85.9 cm³/mol. The highest BCUT2D eigenvalue weighted by Crippen LogP contribution is 2.29. The molecule has 1 N–H and O–H groups in total. The number of hydrogen-bond acceptors (Lipinski definition) is 4. The predicted octanol–water partition coefficient (Wildman–Crippen LogP) is 3.92. The van der Waals surface area contributed by atoms with Crippen LogP contribution in [0, 0.1) is 5.92 Å². The summed E-state index contributed by atoms with van der Waals surface area (Å²) in [4.78, 5) is 16.2. The molecule has 0 unspecified atom stereocenters. The summed E-state index contributed by atoms with van der Waals surface area (Å²) in [6.07, 6.45) is 2.13. The van der Waals surface area contributed by atoms with Gasteiger partial charge in [-0.2, -0.15) is 0 Å². The van der Waals surface area contributed by atoms with Crippen molar-refractivity contribution in [3.05, 3.63) is 41.4 Å². The van der Waals surface area contributed by atoms with E-state index in [-0.39, 0.29) is 11.8 Å². The fourth-order valence-corrected chi connectivity index (χ4v) is 2.79. The average Bonchev–Trinajstić information content (AvgIpc) is 2.97. The third kappa shape index (κ3) is 4.29. The molecule has 0 fully saturated rings. The standard InChI is InChI=1S/C16H20N2O2S/c1-11(2)14(12-4-6-13(20-3)7-5-12)10-15(19)18-16-17-8-9-21-16/h4-9,11,14H,10H2,1-3H3,(H,17,18,19)/t14-/m1/s1. The Morgan fingerprint density at radius 2 is 2.05 bits per heavy atom. The minimum atomic E-state index is -0.000493. The molecule has 0 bridgehead atoms. The van der Waals surface area contributed by atoms with Crippen LogP contribution in [0.3, 0.4) is 0 Å². The Hall–Kier alpha value is -1.88. The Morgan fingerprint density at radius 1 is 1.33 bits per heavy atom. The van der Waals surface area contributed by atoms with Gasteiger partial charge in [-0.25, -0.2) is 4.98 Å². The summed E-state index contributed by atoms with van der Waals surface area (Å²) in [7, 11) is 1.65. The molecule has 112 valence electrons. The molecule has 2 aromatic rings. The molecule has 0 aliphatic heterocycles.